The first-order valence-corrected chi connectivity index (χ1v) is 7.63. The molecule has 2 saturated carbocycles. The van der Waals surface area contributed by atoms with Gasteiger partial charge in [-0.05, 0) is 43.3 Å². The van der Waals surface area contributed by atoms with Gasteiger partial charge in [0, 0.05) is 12.6 Å². The minimum absolute atomic E-state index is 0.484. The van der Waals surface area contributed by atoms with Gasteiger partial charge in [-0.25, -0.2) is 0 Å². The third-order valence-corrected chi connectivity index (χ3v) is 4.69. The maximum atomic E-state index is 5.40. The molecule has 2 fully saturated rings. The van der Waals surface area contributed by atoms with Gasteiger partial charge in [0.1, 0.15) is 0 Å². The molecular weight excluding hydrogens is 228 g/mol. The lowest BCUT2D eigenvalue weighted by Crippen LogP contribution is -2.45. The van der Waals surface area contributed by atoms with Crippen LogP contribution in [0.5, 0.6) is 0 Å². The lowest BCUT2D eigenvalue weighted by Gasteiger charge is -2.28. The van der Waals surface area contributed by atoms with E-state index in [0.29, 0.717) is 11.5 Å². The molecule has 0 bridgehead atoms. The molecular formula is C14H26N2S. The molecule has 17 heavy (non-hydrogen) atoms. The van der Waals surface area contributed by atoms with Gasteiger partial charge in [0.25, 0.3) is 0 Å². The van der Waals surface area contributed by atoms with Gasteiger partial charge in [0.15, 0.2) is 5.11 Å². The molecule has 2 N–H and O–H groups in total. The van der Waals surface area contributed by atoms with Crippen molar-refractivity contribution in [2.45, 2.75) is 70.8 Å². The van der Waals surface area contributed by atoms with Crippen LogP contribution in [0.1, 0.15) is 64.7 Å². The quantitative estimate of drug-likeness (QED) is 0.755. The van der Waals surface area contributed by atoms with E-state index in [1.54, 1.807) is 0 Å². The van der Waals surface area contributed by atoms with E-state index in [9.17, 15) is 0 Å². The van der Waals surface area contributed by atoms with Crippen molar-refractivity contribution in [2.75, 3.05) is 6.54 Å². The van der Waals surface area contributed by atoms with Crippen LogP contribution >= 0.6 is 12.2 Å². The lowest BCUT2D eigenvalue weighted by atomic mass is 9.89. The zero-order valence-corrected chi connectivity index (χ0v) is 11.9. The van der Waals surface area contributed by atoms with Crippen LogP contribution in [0.15, 0.2) is 0 Å². The number of hydrogen-bond donors (Lipinski definition) is 2. The van der Waals surface area contributed by atoms with Crippen LogP contribution in [-0.2, 0) is 0 Å². The smallest absolute Gasteiger partial charge is 0.166 e. The minimum Gasteiger partial charge on any atom is -0.362 e. The van der Waals surface area contributed by atoms with E-state index in [4.69, 9.17) is 12.2 Å². The van der Waals surface area contributed by atoms with E-state index in [2.05, 4.69) is 17.6 Å². The van der Waals surface area contributed by atoms with E-state index in [-0.39, 0.29) is 0 Å². The largest absolute Gasteiger partial charge is 0.362 e. The van der Waals surface area contributed by atoms with Gasteiger partial charge in [0.2, 0.25) is 0 Å². The van der Waals surface area contributed by atoms with E-state index in [0.717, 1.165) is 11.7 Å². The zero-order chi connectivity index (χ0) is 12.1. The van der Waals surface area contributed by atoms with Crippen LogP contribution in [0.2, 0.25) is 0 Å². The first-order valence-electron chi connectivity index (χ1n) is 7.22. The summed E-state index contributed by atoms with van der Waals surface area (Å²) in [5.41, 5.74) is 0.484. The van der Waals surface area contributed by atoms with Crippen molar-refractivity contribution in [1.82, 2.24) is 10.6 Å². The molecule has 0 atom stereocenters. The third kappa shape index (κ3) is 4.13. The first kappa shape index (κ1) is 13.1. The van der Waals surface area contributed by atoms with Crippen LogP contribution in [0.4, 0.5) is 0 Å². The van der Waals surface area contributed by atoms with Gasteiger partial charge in [-0.3, -0.25) is 0 Å². The summed E-state index contributed by atoms with van der Waals surface area (Å²) >= 11 is 5.40. The Hall–Kier alpha value is -0.310. The Morgan fingerprint density at radius 1 is 1.12 bits per heavy atom. The summed E-state index contributed by atoms with van der Waals surface area (Å²) in [5.74, 6) is 0. The second-order valence-electron chi connectivity index (χ2n) is 6.18. The summed E-state index contributed by atoms with van der Waals surface area (Å²) in [6.07, 6.45) is 12.2. The molecule has 0 aliphatic heterocycles. The summed E-state index contributed by atoms with van der Waals surface area (Å²) < 4.78 is 0. The summed E-state index contributed by atoms with van der Waals surface area (Å²) in [5, 5.41) is 7.79. The Morgan fingerprint density at radius 3 is 2.41 bits per heavy atom. The molecule has 2 aliphatic rings. The van der Waals surface area contributed by atoms with Gasteiger partial charge in [0.05, 0.1) is 0 Å². The molecule has 0 heterocycles. The third-order valence-electron chi connectivity index (χ3n) is 4.43. The van der Waals surface area contributed by atoms with Gasteiger partial charge >= 0.3 is 0 Å². The van der Waals surface area contributed by atoms with Crippen molar-refractivity contribution in [1.29, 1.82) is 0 Å². The molecule has 2 aliphatic carbocycles. The van der Waals surface area contributed by atoms with Crippen molar-refractivity contribution in [3.63, 3.8) is 0 Å². The van der Waals surface area contributed by atoms with Crippen LogP contribution < -0.4 is 10.6 Å². The fourth-order valence-corrected chi connectivity index (χ4v) is 3.42. The highest BCUT2D eigenvalue weighted by Gasteiger charge is 2.28. The van der Waals surface area contributed by atoms with E-state index in [1.807, 2.05) is 0 Å². The van der Waals surface area contributed by atoms with E-state index >= 15 is 0 Å². The second-order valence-corrected chi connectivity index (χ2v) is 6.59. The Labute approximate surface area is 111 Å². The number of thiocarbonyl (C=S) groups is 1. The highest BCUT2D eigenvalue weighted by atomic mass is 32.1. The highest BCUT2D eigenvalue weighted by molar-refractivity contribution is 7.80. The Kier molecular flexibility index (Phi) is 4.66. The first-order chi connectivity index (χ1) is 8.18. The predicted molar refractivity (Wildman–Crippen MR) is 77.2 cm³/mol. The second kappa shape index (κ2) is 6.03. The zero-order valence-electron chi connectivity index (χ0n) is 11.1. The predicted octanol–water partition coefficient (Wildman–Crippen LogP) is 3.36. The summed E-state index contributed by atoms with van der Waals surface area (Å²) in [6, 6.07) is 0.625. The molecule has 0 aromatic heterocycles. The monoisotopic (exact) mass is 254 g/mol. The lowest BCUT2D eigenvalue weighted by molar-refractivity contribution is 0.332. The highest BCUT2D eigenvalue weighted by Crippen LogP contribution is 2.36. The fraction of sp³-hybridized carbons (Fsp3) is 0.929. The average Bonchev–Trinajstić information content (AvgIpc) is 2.76. The molecule has 0 amide bonds. The van der Waals surface area contributed by atoms with Crippen molar-refractivity contribution >= 4 is 17.3 Å². The van der Waals surface area contributed by atoms with Crippen LogP contribution in [0.3, 0.4) is 0 Å². The number of rotatable bonds is 3. The molecule has 98 valence electrons. The maximum absolute atomic E-state index is 5.40. The fourth-order valence-electron chi connectivity index (χ4n) is 3.18. The standard InChI is InChI=1S/C14H26N2S/c1-14(9-5-6-10-14)11-15-13(17)16-12-7-3-2-4-8-12/h12H,2-11H2,1H3,(H2,15,16,17). The molecule has 3 heteroatoms. The number of nitrogens with one attached hydrogen (secondary N) is 2. The Morgan fingerprint density at radius 2 is 1.76 bits per heavy atom. The molecule has 0 saturated heterocycles. The topological polar surface area (TPSA) is 24.1 Å². The SMILES string of the molecule is CC1(CNC(=S)NC2CCCCC2)CCCC1. The minimum atomic E-state index is 0.484. The molecule has 0 aromatic rings. The van der Waals surface area contributed by atoms with Gasteiger partial charge in [-0.2, -0.15) is 0 Å². The molecule has 0 aromatic carbocycles. The van der Waals surface area contributed by atoms with Crippen molar-refractivity contribution in [2.24, 2.45) is 5.41 Å². The van der Waals surface area contributed by atoms with Crippen LogP contribution in [0.25, 0.3) is 0 Å². The van der Waals surface area contributed by atoms with Crippen molar-refractivity contribution in [3.05, 3.63) is 0 Å². The molecule has 0 spiro atoms. The van der Waals surface area contributed by atoms with E-state index in [1.165, 1.54) is 57.8 Å². The molecule has 2 rings (SSSR count). The summed E-state index contributed by atoms with van der Waals surface area (Å²) in [7, 11) is 0. The van der Waals surface area contributed by atoms with Gasteiger partial charge in [-0.1, -0.05) is 39.0 Å². The maximum Gasteiger partial charge on any atom is 0.166 e. The average molecular weight is 254 g/mol. The number of hydrogen-bond acceptors (Lipinski definition) is 1. The van der Waals surface area contributed by atoms with E-state index < -0.39 is 0 Å². The Bertz CT molecular complexity index is 253. The van der Waals surface area contributed by atoms with Gasteiger partial charge in [-0.15, -0.1) is 0 Å². The Balaban J connectivity index is 1.66. The van der Waals surface area contributed by atoms with Crippen molar-refractivity contribution in [3.8, 4) is 0 Å². The van der Waals surface area contributed by atoms with Crippen molar-refractivity contribution < 1.29 is 0 Å². The molecule has 2 nitrogen and oxygen atoms in total. The normalized spacial score (nSPS) is 24.5. The summed E-state index contributed by atoms with van der Waals surface area (Å²) in [6.45, 7) is 3.43. The molecule has 0 unspecified atom stereocenters. The molecule has 0 radical (unpaired) electrons. The summed E-state index contributed by atoms with van der Waals surface area (Å²) in [4.78, 5) is 0. The van der Waals surface area contributed by atoms with Crippen LogP contribution in [-0.4, -0.2) is 17.7 Å². The van der Waals surface area contributed by atoms with Gasteiger partial charge < -0.3 is 10.6 Å². The van der Waals surface area contributed by atoms with Crippen LogP contribution in [0, 0.1) is 5.41 Å².